The molecule has 1 aromatic carbocycles. The highest BCUT2D eigenvalue weighted by molar-refractivity contribution is 5.97. The van der Waals surface area contributed by atoms with Crippen LogP contribution in [0.1, 0.15) is 49.9 Å². The lowest BCUT2D eigenvalue weighted by Crippen LogP contribution is -2.21. The van der Waals surface area contributed by atoms with E-state index < -0.39 is 11.9 Å². The lowest BCUT2D eigenvalue weighted by molar-refractivity contribution is -0.143. The van der Waals surface area contributed by atoms with Crippen molar-refractivity contribution in [2.75, 3.05) is 19.0 Å². The van der Waals surface area contributed by atoms with Crippen molar-refractivity contribution in [2.24, 2.45) is 5.92 Å². The predicted octanol–water partition coefficient (Wildman–Crippen LogP) is 3.65. The van der Waals surface area contributed by atoms with Crippen LogP contribution >= 0.6 is 0 Å². The van der Waals surface area contributed by atoms with Crippen LogP contribution in [0.2, 0.25) is 0 Å². The number of unbranched alkanes of at least 4 members (excludes halogenated alkanes) is 1. The second-order valence-electron chi connectivity index (χ2n) is 5.40. The molecule has 0 spiro atoms. The van der Waals surface area contributed by atoms with Gasteiger partial charge in [0, 0.05) is 19.8 Å². The van der Waals surface area contributed by atoms with Crippen molar-refractivity contribution in [3.63, 3.8) is 0 Å². The van der Waals surface area contributed by atoms with E-state index in [0.717, 1.165) is 24.9 Å². The largest absolute Gasteiger partial charge is 0.389 e. The van der Waals surface area contributed by atoms with E-state index in [2.05, 4.69) is 6.92 Å². The number of rotatable bonds is 7. The molecule has 0 aliphatic heterocycles. The minimum absolute atomic E-state index is 0.185. The van der Waals surface area contributed by atoms with Crippen LogP contribution < -0.4 is 4.90 Å². The van der Waals surface area contributed by atoms with Gasteiger partial charge in [0.05, 0.1) is 11.5 Å². The molecule has 0 fully saturated rings. The monoisotopic (exact) mass is 291 g/mol. The Balaban J connectivity index is 2.64. The molecule has 0 saturated heterocycles. The number of nitrogens with zero attached hydrogens (tertiary/aromatic N) is 1. The summed E-state index contributed by atoms with van der Waals surface area (Å²) in [5.74, 6) is -1.16. The quantitative estimate of drug-likeness (QED) is 0.568. The first-order valence-corrected chi connectivity index (χ1v) is 7.53. The van der Waals surface area contributed by atoms with Gasteiger partial charge in [-0.2, -0.15) is 0 Å². The van der Waals surface area contributed by atoms with E-state index in [4.69, 9.17) is 4.74 Å². The molecule has 116 valence electrons. The molecule has 0 N–H and O–H groups in total. The van der Waals surface area contributed by atoms with E-state index in [1.54, 1.807) is 12.1 Å². The third kappa shape index (κ3) is 5.21. The van der Waals surface area contributed by atoms with E-state index in [9.17, 15) is 9.59 Å². The number of anilines is 1. The standard InChI is InChI=1S/C17H25NO3/c1-5-7-8-13(6-2)16(19)21-17(20)14-9-11-15(12-10-14)18(3)4/h9-13H,5-8H2,1-4H3. The molecule has 21 heavy (non-hydrogen) atoms. The summed E-state index contributed by atoms with van der Waals surface area (Å²) in [6.07, 6.45) is 3.48. The summed E-state index contributed by atoms with van der Waals surface area (Å²) < 4.78 is 5.00. The van der Waals surface area contributed by atoms with Crippen LogP contribution in [0, 0.1) is 5.92 Å². The van der Waals surface area contributed by atoms with Crippen molar-refractivity contribution in [1.29, 1.82) is 0 Å². The highest BCUT2D eigenvalue weighted by Crippen LogP contribution is 2.17. The Kier molecular flexibility index (Phi) is 6.92. The van der Waals surface area contributed by atoms with Crippen molar-refractivity contribution >= 4 is 17.6 Å². The minimum atomic E-state index is -0.569. The molecule has 4 heteroatoms. The summed E-state index contributed by atoms with van der Waals surface area (Å²) >= 11 is 0. The minimum Gasteiger partial charge on any atom is -0.389 e. The Morgan fingerprint density at radius 3 is 2.24 bits per heavy atom. The number of hydrogen-bond donors (Lipinski definition) is 0. The number of ether oxygens (including phenoxy) is 1. The van der Waals surface area contributed by atoms with Gasteiger partial charge in [-0.25, -0.2) is 4.79 Å². The smallest absolute Gasteiger partial charge is 0.345 e. The van der Waals surface area contributed by atoms with Crippen LogP contribution in [0.3, 0.4) is 0 Å². The molecule has 0 heterocycles. The molecule has 1 unspecified atom stereocenters. The fourth-order valence-electron chi connectivity index (χ4n) is 2.07. The van der Waals surface area contributed by atoms with Gasteiger partial charge in [0.15, 0.2) is 0 Å². The zero-order valence-electron chi connectivity index (χ0n) is 13.4. The summed E-state index contributed by atoms with van der Waals surface area (Å²) in [6.45, 7) is 4.02. The Hall–Kier alpha value is -1.84. The van der Waals surface area contributed by atoms with Gasteiger partial charge in [-0.1, -0.05) is 26.7 Å². The average Bonchev–Trinajstić information content (AvgIpc) is 2.48. The zero-order valence-corrected chi connectivity index (χ0v) is 13.4. The lowest BCUT2D eigenvalue weighted by Gasteiger charge is -2.14. The van der Waals surface area contributed by atoms with Crippen molar-refractivity contribution in [3.05, 3.63) is 29.8 Å². The topological polar surface area (TPSA) is 46.6 Å². The Morgan fingerprint density at radius 1 is 1.14 bits per heavy atom. The van der Waals surface area contributed by atoms with Crippen LogP contribution in [0.25, 0.3) is 0 Å². The van der Waals surface area contributed by atoms with Gasteiger partial charge < -0.3 is 9.64 Å². The van der Waals surface area contributed by atoms with Gasteiger partial charge in [-0.05, 0) is 37.1 Å². The van der Waals surface area contributed by atoms with Crippen molar-refractivity contribution < 1.29 is 14.3 Å². The molecular formula is C17H25NO3. The summed E-state index contributed by atoms with van der Waals surface area (Å²) in [7, 11) is 3.85. The van der Waals surface area contributed by atoms with Gasteiger partial charge in [0.1, 0.15) is 0 Å². The summed E-state index contributed by atoms with van der Waals surface area (Å²) in [6, 6.07) is 7.01. The van der Waals surface area contributed by atoms with Crippen molar-refractivity contribution in [2.45, 2.75) is 39.5 Å². The van der Waals surface area contributed by atoms with Crippen LogP contribution in [0.4, 0.5) is 5.69 Å². The van der Waals surface area contributed by atoms with E-state index in [-0.39, 0.29) is 5.92 Å². The molecular weight excluding hydrogens is 266 g/mol. The van der Waals surface area contributed by atoms with E-state index in [0.29, 0.717) is 12.0 Å². The molecule has 0 amide bonds. The molecule has 0 aromatic heterocycles. The van der Waals surface area contributed by atoms with Gasteiger partial charge >= 0.3 is 11.9 Å². The molecule has 4 nitrogen and oxygen atoms in total. The Labute approximate surface area is 127 Å². The van der Waals surface area contributed by atoms with Gasteiger partial charge in [-0.3, -0.25) is 4.79 Å². The van der Waals surface area contributed by atoms with Crippen LogP contribution in [0.5, 0.6) is 0 Å². The molecule has 0 saturated carbocycles. The van der Waals surface area contributed by atoms with Crippen LogP contribution in [-0.2, 0) is 9.53 Å². The molecule has 0 bridgehead atoms. The average molecular weight is 291 g/mol. The third-order valence-electron chi connectivity index (χ3n) is 3.54. The van der Waals surface area contributed by atoms with Crippen molar-refractivity contribution in [1.82, 2.24) is 0 Å². The lowest BCUT2D eigenvalue weighted by atomic mass is 10.00. The van der Waals surface area contributed by atoms with Gasteiger partial charge in [-0.15, -0.1) is 0 Å². The zero-order chi connectivity index (χ0) is 15.8. The maximum atomic E-state index is 12.0. The molecule has 1 rings (SSSR count). The molecule has 0 aliphatic rings. The first-order chi connectivity index (χ1) is 9.99. The van der Waals surface area contributed by atoms with Gasteiger partial charge in [0.25, 0.3) is 0 Å². The molecule has 0 aliphatic carbocycles. The predicted molar refractivity (Wildman–Crippen MR) is 84.5 cm³/mol. The Morgan fingerprint density at radius 2 is 1.76 bits per heavy atom. The molecule has 1 aromatic rings. The molecule has 0 radical (unpaired) electrons. The second-order valence-corrected chi connectivity index (χ2v) is 5.40. The maximum absolute atomic E-state index is 12.0. The highest BCUT2D eigenvalue weighted by Gasteiger charge is 2.21. The molecule has 1 atom stereocenters. The maximum Gasteiger partial charge on any atom is 0.345 e. The van der Waals surface area contributed by atoms with E-state index in [1.807, 2.05) is 38.1 Å². The highest BCUT2D eigenvalue weighted by atomic mass is 16.6. The second kappa shape index (κ2) is 8.45. The number of carbonyl (C=O) groups is 2. The van der Waals surface area contributed by atoms with Gasteiger partial charge in [0.2, 0.25) is 0 Å². The Bertz CT molecular complexity index is 465. The van der Waals surface area contributed by atoms with Crippen molar-refractivity contribution in [3.8, 4) is 0 Å². The first-order valence-electron chi connectivity index (χ1n) is 7.53. The van der Waals surface area contributed by atoms with E-state index >= 15 is 0 Å². The SMILES string of the molecule is CCCCC(CC)C(=O)OC(=O)c1ccc(N(C)C)cc1. The van der Waals surface area contributed by atoms with Crippen LogP contribution in [0.15, 0.2) is 24.3 Å². The normalized spacial score (nSPS) is 11.8. The number of esters is 2. The number of hydrogen-bond acceptors (Lipinski definition) is 4. The van der Waals surface area contributed by atoms with Crippen LogP contribution in [-0.4, -0.2) is 26.0 Å². The summed E-state index contributed by atoms with van der Waals surface area (Å²) in [5.41, 5.74) is 1.39. The number of carbonyl (C=O) groups excluding carboxylic acids is 2. The summed E-state index contributed by atoms with van der Waals surface area (Å²) in [5, 5.41) is 0. The third-order valence-corrected chi connectivity index (χ3v) is 3.54. The number of benzene rings is 1. The van der Waals surface area contributed by atoms with E-state index in [1.165, 1.54) is 0 Å². The first kappa shape index (κ1) is 17.2. The summed E-state index contributed by atoms with van der Waals surface area (Å²) in [4.78, 5) is 25.9. The fraction of sp³-hybridized carbons (Fsp3) is 0.529. The fourth-order valence-corrected chi connectivity index (χ4v) is 2.07.